The number of anilines is 1. The summed E-state index contributed by atoms with van der Waals surface area (Å²) >= 11 is 3.33. The summed E-state index contributed by atoms with van der Waals surface area (Å²) in [6.45, 7) is 6.23. The van der Waals surface area contributed by atoms with E-state index in [0.717, 1.165) is 10.0 Å². The Labute approximate surface area is 111 Å². The topological polar surface area (TPSA) is 58.2 Å². The SMILES string of the molecule is Cc1cc(Br)cc(NS(=O)(=O)NCC(C)C)c1. The van der Waals surface area contributed by atoms with Crippen LogP contribution in [0.25, 0.3) is 0 Å². The highest BCUT2D eigenvalue weighted by atomic mass is 79.9. The van der Waals surface area contributed by atoms with Crippen LogP contribution in [0.1, 0.15) is 19.4 Å². The summed E-state index contributed by atoms with van der Waals surface area (Å²) in [4.78, 5) is 0. The van der Waals surface area contributed by atoms with Crippen LogP contribution >= 0.6 is 15.9 Å². The molecule has 0 aromatic heterocycles. The second-order valence-corrected chi connectivity index (χ2v) is 6.78. The fourth-order valence-electron chi connectivity index (χ4n) is 1.26. The molecule has 1 aromatic carbocycles. The van der Waals surface area contributed by atoms with Gasteiger partial charge in [0.05, 0.1) is 5.69 Å². The number of nitrogens with one attached hydrogen (secondary N) is 2. The monoisotopic (exact) mass is 320 g/mol. The molecule has 0 aliphatic heterocycles. The summed E-state index contributed by atoms with van der Waals surface area (Å²) in [6.07, 6.45) is 0. The van der Waals surface area contributed by atoms with Gasteiger partial charge in [-0.1, -0.05) is 29.8 Å². The molecule has 0 amide bonds. The summed E-state index contributed by atoms with van der Waals surface area (Å²) in [5.74, 6) is 0.274. The van der Waals surface area contributed by atoms with Gasteiger partial charge < -0.3 is 0 Å². The first-order valence-electron chi connectivity index (χ1n) is 5.33. The van der Waals surface area contributed by atoms with Gasteiger partial charge in [0.2, 0.25) is 0 Å². The van der Waals surface area contributed by atoms with Crippen molar-refractivity contribution in [1.29, 1.82) is 0 Å². The van der Waals surface area contributed by atoms with Crippen LogP contribution in [-0.4, -0.2) is 15.0 Å². The zero-order chi connectivity index (χ0) is 13.1. The van der Waals surface area contributed by atoms with Crippen molar-refractivity contribution in [1.82, 2.24) is 4.72 Å². The lowest BCUT2D eigenvalue weighted by Crippen LogP contribution is -2.32. The molecule has 0 heterocycles. The van der Waals surface area contributed by atoms with E-state index in [9.17, 15) is 8.42 Å². The van der Waals surface area contributed by atoms with Gasteiger partial charge in [0, 0.05) is 11.0 Å². The third kappa shape index (κ3) is 5.52. The first-order valence-corrected chi connectivity index (χ1v) is 7.61. The summed E-state index contributed by atoms with van der Waals surface area (Å²) in [5.41, 5.74) is 1.54. The predicted molar refractivity (Wildman–Crippen MR) is 74.3 cm³/mol. The number of aryl methyl sites for hydroxylation is 1. The number of hydrogen-bond acceptors (Lipinski definition) is 2. The van der Waals surface area contributed by atoms with E-state index < -0.39 is 10.2 Å². The molecule has 0 fully saturated rings. The average molecular weight is 321 g/mol. The van der Waals surface area contributed by atoms with Crippen LogP contribution in [0.3, 0.4) is 0 Å². The number of benzene rings is 1. The molecule has 17 heavy (non-hydrogen) atoms. The summed E-state index contributed by atoms with van der Waals surface area (Å²) in [6, 6.07) is 5.42. The van der Waals surface area contributed by atoms with Gasteiger partial charge in [-0.25, -0.2) is 0 Å². The maximum Gasteiger partial charge on any atom is 0.299 e. The molecule has 0 atom stereocenters. The van der Waals surface area contributed by atoms with Crippen LogP contribution in [0.15, 0.2) is 22.7 Å². The van der Waals surface area contributed by atoms with Gasteiger partial charge in [-0.2, -0.15) is 13.1 Å². The normalized spacial score (nSPS) is 11.8. The van der Waals surface area contributed by atoms with E-state index in [2.05, 4.69) is 25.4 Å². The van der Waals surface area contributed by atoms with Crippen molar-refractivity contribution in [3.8, 4) is 0 Å². The van der Waals surface area contributed by atoms with E-state index in [1.54, 1.807) is 12.1 Å². The quantitative estimate of drug-likeness (QED) is 0.876. The molecule has 0 aliphatic carbocycles. The molecule has 0 radical (unpaired) electrons. The third-order valence-electron chi connectivity index (χ3n) is 1.98. The minimum atomic E-state index is -3.48. The highest BCUT2D eigenvalue weighted by Gasteiger charge is 2.10. The van der Waals surface area contributed by atoms with Gasteiger partial charge in [0.1, 0.15) is 0 Å². The van der Waals surface area contributed by atoms with Crippen LogP contribution in [0, 0.1) is 12.8 Å². The van der Waals surface area contributed by atoms with Crippen LogP contribution in [-0.2, 0) is 10.2 Å². The number of halogens is 1. The summed E-state index contributed by atoms with van der Waals surface area (Å²) in [5, 5.41) is 0. The Kier molecular flexibility index (Phi) is 4.97. The van der Waals surface area contributed by atoms with Gasteiger partial charge in [-0.3, -0.25) is 4.72 Å². The van der Waals surface area contributed by atoms with Gasteiger partial charge >= 0.3 is 0 Å². The van der Waals surface area contributed by atoms with Crippen LogP contribution in [0.2, 0.25) is 0 Å². The van der Waals surface area contributed by atoms with Gasteiger partial charge in [-0.05, 0) is 36.6 Å². The molecule has 0 bridgehead atoms. The van der Waals surface area contributed by atoms with E-state index in [1.165, 1.54) is 0 Å². The van der Waals surface area contributed by atoms with Gasteiger partial charge in [0.15, 0.2) is 0 Å². The third-order valence-corrected chi connectivity index (χ3v) is 3.48. The Bertz CT molecular complexity index is 466. The van der Waals surface area contributed by atoms with Crippen molar-refractivity contribution in [3.05, 3.63) is 28.2 Å². The largest absolute Gasteiger partial charge is 0.299 e. The van der Waals surface area contributed by atoms with Crippen molar-refractivity contribution in [3.63, 3.8) is 0 Å². The number of rotatable bonds is 5. The lowest BCUT2D eigenvalue weighted by Gasteiger charge is -2.11. The summed E-state index contributed by atoms with van der Waals surface area (Å²) < 4.78 is 29.2. The summed E-state index contributed by atoms with van der Waals surface area (Å²) in [7, 11) is -3.48. The molecule has 0 saturated carbocycles. The molecule has 96 valence electrons. The van der Waals surface area contributed by atoms with E-state index in [1.807, 2.05) is 26.8 Å². The van der Waals surface area contributed by atoms with Crippen LogP contribution in [0.5, 0.6) is 0 Å². The molecule has 0 saturated heterocycles. The highest BCUT2D eigenvalue weighted by Crippen LogP contribution is 2.19. The molecule has 4 nitrogen and oxygen atoms in total. The second-order valence-electron chi connectivity index (χ2n) is 4.37. The lowest BCUT2D eigenvalue weighted by molar-refractivity contribution is 0.565. The maximum atomic E-state index is 11.7. The van der Waals surface area contributed by atoms with E-state index in [0.29, 0.717) is 12.2 Å². The van der Waals surface area contributed by atoms with Gasteiger partial charge in [0.25, 0.3) is 10.2 Å². The standard InChI is InChI=1S/C11H17BrN2O2S/c1-8(2)7-13-17(15,16)14-11-5-9(3)4-10(12)6-11/h4-6,8,13-14H,7H2,1-3H3. The van der Waals surface area contributed by atoms with Crippen molar-refractivity contribution in [2.24, 2.45) is 5.92 Å². The zero-order valence-electron chi connectivity index (χ0n) is 10.1. The fraction of sp³-hybridized carbons (Fsp3) is 0.455. The fourth-order valence-corrected chi connectivity index (χ4v) is 2.92. The van der Waals surface area contributed by atoms with Crippen LogP contribution < -0.4 is 9.44 Å². The van der Waals surface area contributed by atoms with Crippen molar-refractivity contribution >= 4 is 31.8 Å². The van der Waals surface area contributed by atoms with Crippen molar-refractivity contribution in [2.45, 2.75) is 20.8 Å². The predicted octanol–water partition coefficient (Wildman–Crippen LogP) is 2.66. The lowest BCUT2D eigenvalue weighted by atomic mass is 10.2. The molecule has 1 aromatic rings. The molecule has 0 aliphatic rings. The Morgan fingerprint density at radius 3 is 2.47 bits per heavy atom. The molecule has 0 unspecified atom stereocenters. The van der Waals surface area contributed by atoms with Crippen molar-refractivity contribution in [2.75, 3.05) is 11.3 Å². The Morgan fingerprint density at radius 1 is 1.29 bits per heavy atom. The maximum absolute atomic E-state index is 11.7. The van der Waals surface area contributed by atoms with E-state index in [4.69, 9.17) is 0 Å². The Hall–Kier alpha value is -0.590. The smallest absolute Gasteiger partial charge is 0.271 e. The first kappa shape index (κ1) is 14.5. The molecule has 2 N–H and O–H groups in total. The van der Waals surface area contributed by atoms with E-state index >= 15 is 0 Å². The highest BCUT2D eigenvalue weighted by molar-refractivity contribution is 9.10. The molecule has 1 rings (SSSR count). The molecular formula is C11H17BrN2O2S. The van der Waals surface area contributed by atoms with E-state index in [-0.39, 0.29) is 5.92 Å². The molecule has 0 spiro atoms. The zero-order valence-corrected chi connectivity index (χ0v) is 12.5. The van der Waals surface area contributed by atoms with Crippen LogP contribution in [0.4, 0.5) is 5.69 Å². The van der Waals surface area contributed by atoms with Gasteiger partial charge in [-0.15, -0.1) is 0 Å². The Morgan fingerprint density at radius 2 is 1.94 bits per heavy atom. The molecular weight excluding hydrogens is 304 g/mol. The van der Waals surface area contributed by atoms with Crippen molar-refractivity contribution < 1.29 is 8.42 Å². The minimum absolute atomic E-state index is 0.274. The average Bonchev–Trinajstić information content (AvgIpc) is 2.12. The second kappa shape index (κ2) is 5.84. The Balaban J connectivity index is 2.76. The minimum Gasteiger partial charge on any atom is -0.271 e. The first-order chi connectivity index (χ1) is 7.78. The number of hydrogen-bond donors (Lipinski definition) is 2. The molecule has 6 heteroatoms.